The smallest absolute Gasteiger partial charge is 0.401 e. The summed E-state index contributed by atoms with van der Waals surface area (Å²) in [6.07, 6.45) is 0. The third kappa shape index (κ3) is 11.3. The maximum atomic E-state index is 5.40. The quantitative estimate of drug-likeness (QED) is 0.369. The van der Waals surface area contributed by atoms with E-state index in [4.69, 9.17) is 4.12 Å². The number of rotatable bonds is 2. The summed E-state index contributed by atoms with van der Waals surface area (Å²) in [4.78, 5) is 0. The highest BCUT2D eigenvalue weighted by molar-refractivity contribution is 9.73. The summed E-state index contributed by atoms with van der Waals surface area (Å²) in [7, 11) is 0. The first-order valence-corrected chi connectivity index (χ1v) is 18.9. The second-order valence-electron chi connectivity index (χ2n) is 0.994. The molecule has 0 bridgehead atoms. The van der Waals surface area contributed by atoms with E-state index in [1.807, 2.05) is 0 Å². The summed E-state index contributed by atoms with van der Waals surface area (Å²) < 4.78 is 1.53. The first-order chi connectivity index (χ1) is 3.71. The molecule has 0 spiro atoms. The van der Waals surface area contributed by atoms with Gasteiger partial charge in [-0.25, -0.2) is 0 Å². The minimum atomic E-state index is -1.93. The third-order valence-electron chi connectivity index (χ3n) is 0.231. The molecule has 9 heavy (non-hydrogen) atoms. The summed E-state index contributed by atoms with van der Waals surface area (Å²) in [6, 6.07) is 0. The Morgan fingerprint density at radius 2 is 0.889 bits per heavy atom. The van der Waals surface area contributed by atoms with Crippen LogP contribution in [0, 0.1) is 0 Å². The van der Waals surface area contributed by atoms with Gasteiger partial charge in [-0.15, -0.1) is 0 Å². The molecule has 9 heteroatoms. The van der Waals surface area contributed by atoms with Gasteiger partial charge in [-0.2, -0.15) is 0 Å². The molecular weight excluding hydrogens is 552 g/mol. The maximum absolute atomic E-state index is 5.40. The second kappa shape index (κ2) is 4.49. The maximum Gasteiger partial charge on any atom is 0.401 e. The Hall–Kier alpha value is 3.27. The van der Waals surface area contributed by atoms with Crippen molar-refractivity contribution in [2.75, 3.05) is 0 Å². The molecule has 0 fully saturated rings. The highest BCUT2D eigenvalue weighted by atomic mass is 80.0. The van der Waals surface area contributed by atoms with Crippen LogP contribution in [0.4, 0.5) is 0 Å². The lowest BCUT2D eigenvalue weighted by Gasteiger charge is -2.16. The Bertz CT molecular complexity index is 76.2. The molecule has 0 atom stereocenters. The topological polar surface area (TPSA) is 9.23 Å². The van der Waals surface area contributed by atoms with Gasteiger partial charge in [-0.1, -0.05) is 91.8 Å². The van der Waals surface area contributed by atoms with Crippen molar-refractivity contribution in [3.05, 3.63) is 0 Å². The monoisotopic (exact) mass is 545 g/mol. The fourth-order valence-corrected chi connectivity index (χ4v) is 31.9. The molecule has 0 unspecified atom stereocenters. The number of hydrogen-bond acceptors (Lipinski definition) is 1. The van der Waals surface area contributed by atoms with Crippen molar-refractivity contribution in [3.8, 4) is 0 Å². The molecule has 56 valence electrons. The van der Waals surface area contributed by atoms with Gasteiger partial charge in [0.1, 0.15) is 0 Å². The van der Waals surface area contributed by atoms with E-state index >= 15 is 0 Å². The van der Waals surface area contributed by atoms with Crippen molar-refractivity contribution in [2.24, 2.45) is 0 Å². The van der Waals surface area contributed by atoms with Gasteiger partial charge in [0.15, 0.2) is 0 Å². The zero-order valence-electron chi connectivity index (χ0n) is 3.68. The molecular formula is Br6OSi2. The molecule has 0 rings (SSSR count). The lowest BCUT2D eigenvalue weighted by atomic mass is 15.8. The fraction of sp³-hybridized carbons (Fsp3) is 0. The average molecular weight is 552 g/mol. The van der Waals surface area contributed by atoms with Crippen LogP contribution in [-0.2, 0) is 4.12 Å². The lowest BCUT2D eigenvalue weighted by molar-refractivity contribution is 0.662. The normalized spacial score (nSPS) is 14.0. The third-order valence-corrected chi connectivity index (χ3v) is 10.8. The minimum Gasteiger partial charge on any atom is -0.407 e. The SMILES string of the molecule is Br[Si](Br)(Br)O[Si](Br)(Br)Br. The Morgan fingerprint density at radius 1 is 0.667 bits per heavy atom. The van der Waals surface area contributed by atoms with Gasteiger partial charge >= 0.3 is 8.35 Å². The van der Waals surface area contributed by atoms with Crippen molar-refractivity contribution >= 4 is 100 Å². The van der Waals surface area contributed by atoms with Crippen LogP contribution in [0.15, 0.2) is 0 Å². The van der Waals surface area contributed by atoms with E-state index < -0.39 is 8.35 Å². The molecule has 0 aromatic heterocycles. The van der Waals surface area contributed by atoms with Gasteiger partial charge in [0.2, 0.25) is 0 Å². The molecule has 0 aromatic carbocycles. The van der Waals surface area contributed by atoms with Crippen molar-refractivity contribution < 1.29 is 4.12 Å². The average Bonchev–Trinajstić information content (AvgIpc) is 1.14. The molecule has 0 saturated heterocycles. The molecule has 0 radical (unpaired) electrons. The molecule has 0 aromatic rings. The number of halogens is 6. The summed E-state index contributed by atoms with van der Waals surface area (Å²) in [5, 5.41) is 0. The van der Waals surface area contributed by atoms with E-state index in [9.17, 15) is 0 Å². The first-order valence-electron chi connectivity index (χ1n) is 1.54. The van der Waals surface area contributed by atoms with E-state index in [1.165, 1.54) is 0 Å². The van der Waals surface area contributed by atoms with Crippen LogP contribution >= 0.6 is 91.8 Å². The van der Waals surface area contributed by atoms with Crippen LogP contribution in [-0.4, -0.2) is 8.35 Å². The summed E-state index contributed by atoms with van der Waals surface area (Å²) in [5.41, 5.74) is 0. The molecule has 1 nitrogen and oxygen atoms in total. The Morgan fingerprint density at radius 3 is 0.889 bits per heavy atom. The second-order valence-corrected chi connectivity index (χ2v) is 42.8. The van der Waals surface area contributed by atoms with Crippen LogP contribution in [0.1, 0.15) is 0 Å². The van der Waals surface area contributed by atoms with Crippen molar-refractivity contribution in [1.29, 1.82) is 0 Å². The zero-order valence-corrected chi connectivity index (χ0v) is 15.2. The summed E-state index contributed by atoms with van der Waals surface area (Å²) in [5.74, 6) is 0. The van der Waals surface area contributed by atoms with Crippen LogP contribution in [0.2, 0.25) is 0 Å². The Labute approximate surface area is 102 Å². The minimum absolute atomic E-state index is 1.93. The molecule has 0 saturated carbocycles. The molecule has 0 heterocycles. The number of hydrogen-bond donors (Lipinski definition) is 0. The molecule has 0 amide bonds. The Balaban J connectivity index is 3.75. The fourth-order valence-electron chi connectivity index (χ4n) is 0.131. The van der Waals surface area contributed by atoms with E-state index in [-0.39, 0.29) is 0 Å². The van der Waals surface area contributed by atoms with Gasteiger partial charge in [0, 0.05) is 0 Å². The van der Waals surface area contributed by atoms with Crippen LogP contribution in [0.3, 0.4) is 0 Å². The van der Waals surface area contributed by atoms with Crippen LogP contribution < -0.4 is 0 Å². The predicted octanol–water partition coefficient (Wildman–Crippen LogP) is 4.24. The molecule has 0 N–H and O–H groups in total. The van der Waals surface area contributed by atoms with Gasteiger partial charge in [0.05, 0.1) is 0 Å². The lowest BCUT2D eigenvalue weighted by Crippen LogP contribution is -2.26. The van der Waals surface area contributed by atoms with E-state index in [1.54, 1.807) is 0 Å². The zero-order chi connectivity index (χ0) is 7.71. The standard InChI is InChI=1S/Br6OSi2/c1-8(2,3)7-9(4,5)6. The molecule has 0 aliphatic carbocycles. The highest BCUT2D eigenvalue weighted by Crippen LogP contribution is 2.39. The van der Waals surface area contributed by atoms with Gasteiger partial charge in [0.25, 0.3) is 0 Å². The van der Waals surface area contributed by atoms with E-state index in [2.05, 4.69) is 91.8 Å². The summed E-state index contributed by atoms with van der Waals surface area (Å²) >= 11 is 19.9. The summed E-state index contributed by atoms with van der Waals surface area (Å²) in [6.45, 7) is 0. The highest BCUT2D eigenvalue weighted by Gasteiger charge is 2.36. The first kappa shape index (κ1) is 12.3. The van der Waals surface area contributed by atoms with Gasteiger partial charge < -0.3 is 4.12 Å². The largest absolute Gasteiger partial charge is 0.407 e. The predicted molar refractivity (Wildman–Crippen MR) is 66.2 cm³/mol. The van der Waals surface area contributed by atoms with Gasteiger partial charge in [-0.3, -0.25) is 0 Å². The van der Waals surface area contributed by atoms with Crippen LogP contribution in [0.25, 0.3) is 0 Å². The van der Waals surface area contributed by atoms with Gasteiger partial charge in [-0.05, 0) is 0 Å². The van der Waals surface area contributed by atoms with Crippen molar-refractivity contribution in [3.63, 3.8) is 0 Å². The van der Waals surface area contributed by atoms with Crippen molar-refractivity contribution in [1.82, 2.24) is 0 Å². The van der Waals surface area contributed by atoms with E-state index in [0.29, 0.717) is 0 Å². The van der Waals surface area contributed by atoms with E-state index in [0.717, 1.165) is 0 Å². The molecule has 0 aliphatic rings. The van der Waals surface area contributed by atoms with Crippen molar-refractivity contribution in [2.45, 2.75) is 0 Å². The molecule has 0 aliphatic heterocycles. The Kier molecular flexibility index (Phi) is 6.13. The van der Waals surface area contributed by atoms with Crippen LogP contribution in [0.5, 0.6) is 0 Å².